The summed E-state index contributed by atoms with van der Waals surface area (Å²) < 4.78 is 0. The maximum Gasteiger partial charge on any atom is 0.220 e. The first-order valence-corrected chi connectivity index (χ1v) is 5.92. The molecule has 0 aromatic heterocycles. The van der Waals surface area contributed by atoms with Crippen molar-refractivity contribution in [3.05, 3.63) is 42.0 Å². The van der Waals surface area contributed by atoms with Gasteiger partial charge in [-0.05, 0) is 18.4 Å². The molecule has 1 aromatic rings. The molecule has 0 aliphatic carbocycles. The molecule has 2 N–H and O–H groups in total. The summed E-state index contributed by atoms with van der Waals surface area (Å²) >= 11 is 0. The minimum Gasteiger partial charge on any atom is -0.396 e. The first-order chi connectivity index (χ1) is 8.33. The van der Waals surface area contributed by atoms with Crippen molar-refractivity contribution in [1.82, 2.24) is 5.32 Å². The minimum absolute atomic E-state index is 0.0381. The molecular formula is C14H19NO2. The largest absolute Gasteiger partial charge is 0.396 e. The summed E-state index contributed by atoms with van der Waals surface area (Å²) in [6.45, 7) is 0.673. The molecule has 0 radical (unpaired) electrons. The van der Waals surface area contributed by atoms with Gasteiger partial charge in [0.25, 0.3) is 0 Å². The molecule has 0 aliphatic rings. The molecule has 0 fully saturated rings. The molecule has 0 unspecified atom stereocenters. The van der Waals surface area contributed by atoms with Crippen molar-refractivity contribution in [3.8, 4) is 0 Å². The number of nitrogens with one attached hydrogen (secondary N) is 1. The van der Waals surface area contributed by atoms with Crippen molar-refractivity contribution < 1.29 is 9.90 Å². The first-order valence-electron chi connectivity index (χ1n) is 5.92. The molecule has 0 saturated heterocycles. The van der Waals surface area contributed by atoms with E-state index in [-0.39, 0.29) is 12.5 Å². The van der Waals surface area contributed by atoms with Crippen LogP contribution in [0.3, 0.4) is 0 Å². The van der Waals surface area contributed by atoms with Crippen LogP contribution in [0.5, 0.6) is 0 Å². The van der Waals surface area contributed by atoms with Crippen molar-refractivity contribution in [2.45, 2.75) is 19.3 Å². The van der Waals surface area contributed by atoms with Gasteiger partial charge < -0.3 is 10.4 Å². The lowest BCUT2D eigenvalue weighted by molar-refractivity contribution is -0.121. The lowest BCUT2D eigenvalue weighted by atomic mass is 10.2. The molecule has 0 bridgehead atoms. The van der Waals surface area contributed by atoms with Gasteiger partial charge in [-0.15, -0.1) is 0 Å². The number of allylic oxidation sites excluding steroid dienone is 1. The summed E-state index contributed by atoms with van der Waals surface area (Å²) in [5.41, 5.74) is 1.15. The number of rotatable bonds is 7. The van der Waals surface area contributed by atoms with Crippen LogP contribution in [0.4, 0.5) is 0 Å². The van der Waals surface area contributed by atoms with E-state index < -0.39 is 0 Å². The van der Waals surface area contributed by atoms with Gasteiger partial charge in [-0.2, -0.15) is 0 Å². The Hall–Kier alpha value is -1.61. The van der Waals surface area contributed by atoms with Crippen LogP contribution in [0, 0.1) is 0 Å². The van der Waals surface area contributed by atoms with E-state index in [4.69, 9.17) is 5.11 Å². The highest BCUT2D eigenvalue weighted by Gasteiger charge is 1.97. The van der Waals surface area contributed by atoms with Crippen LogP contribution in [0.1, 0.15) is 24.8 Å². The standard InChI is InChI=1S/C14H19NO2/c16-12-6-11-15-14(17)10-5-4-9-13-7-2-1-3-8-13/h1-4,7-9,16H,5-6,10-12H2,(H,15,17)/b9-4+. The van der Waals surface area contributed by atoms with Crippen molar-refractivity contribution in [3.63, 3.8) is 0 Å². The molecule has 1 rings (SSSR count). The fourth-order valence-corrected chi connectivity index (χ4v) is 1.39. The predicted octanol–water partition coefficient (Wildman–Crippen LogP) is 1.98. The molecule has 0 spiro atoms. The quantitative estimate of drug-likeness (QED) is 0.707. The summed E-state index contributed by atoms with van der Waals surface area (Å²) in [6, 6.07) is 10.0. The van der Waals surface area contributed by atoms with E-state index in [9.17, 15) is 4.79 Å². The maximum atomic E-state index is 11.3. The third-order valence-corrected chi connectivity index (χ3v) is 2.30. The van der Waals surface area contributed by atoms with Crippen molar-refractivity contribution >= 4 is 12.0 Å². The summed E-state index contributed by atoms with van der Waals surface area (Å²) in [5.74, 6) is 0.0381. The first kappa shape index (κ1) is 13.5. The Balaban J connectivity index is 2.15. The molecular weight excluding hydrogens is 214 g/mol. The number of hydrogen-bond donors (Lipinski definition) is 2. The smallest absolute Gasteiger partial charge is 0.220 e. The Labute approximate surface area is 102 Å². The number of carbonyl (C=O) groups excluding carboxylic acids is 1. The lowest BCUT2D eigenvalue weighted by Gasteiger charge is -2.01. The van der Waals surface area contributed by atoms with E-state index in [1.54, 1.807) is 0 Å². The van der Waals surface area contributed by atoms with E-state index in [1.165, 1.54) is 0 Å². The fourth-order valence-electron chi connectivity index (χ4n) is 1.39. The summed E-state index contributed by atoms with van der Waals surface area (Å²) in [5, 5.41) is 11.3. The molecule has 0 heterocycles. The van der Waals surface area contributed by atoms with Crippen molar-refractivity contribution in [1.29, 1.82) is 0 Å². The highest BCUT2D eigenvalue weighted by molar-refractivity contribution is 5.76. The van der Waals surface area contributed by atoms with Crippen LogP contribution in [0.2, 0.25) is 0 Å². The highest BCUT2D eigenvalue weighted by Crippen LogP contribution is 2.02. The van der Waals surface area contributed by atoms with Crippen LogP contribution in [0.15, 0.2) is 36.4 Å². The topological polar surface area (TPSA) is 49.3 Å². The molecule has 1 aromatic carbocycles. The molecule has 0 saturated carbocycles. The van der Waals surface area contributed by atoms with Crippen molar-refractivity contribution in [2.75, 3.05) is 13.2 Å². The number of carbonyl (C=O) groups is 1. The van der Waals surface area contributed by atoms with E-state index in [1.807, 2.05) is 42.5 Å². The Bertz CT molecular complexity index is 346. The Morgan fingerprint density at radius 1 is 1.29 bits per heavy atom. The molecule has 3 nitrogen and oxygen atoms in total. The maximum absolute atomic E-state index is 11.3. The number of aliphatic hydroxyl groups is 1. The number of aliphatic hydroxyl groups excluding tert-OH is 1. The number of amides is 1. The van der Waals surface area contributed by atoms with E-state index >= 15 is 0 Å². The van der Waals surface area contributed by atoms with E-state index in [2.05, 4.69) is 5.32 Å². The van der Waals surface area contributed by atoms with Gasteiger partial charge in [0.05, 0.1) is 0 Å². The summed E-state index contributed by atoms with van der Waals surface area (Å²) in [4.78, 5) is 11.3. The van der Waals surface area contributed by atoms with Gasteiger partial charge in [-0.1, -0.05) is 42.5 Å². The third kappa shape index (κ3) is 6.53. The fraction of sp³-hybridized carbons (Fsp3) is 0.357. The summed E-state index contributed by atoms with van der Waals surface area (Å²) in [7, 11) is 0. The number of hydrogen-bond acceptors (Lipinski definition) is 2. The monoisotopic (exact) mass is 233 g/mol. The predicted molar refractivity (Wildman–Crippen MR) is 69.4 cm³/mol. The second-order valence-corrected chi connectivity index (χ2v) is 3.78. The third-order valence-electron chi connectivity index (χ3n) is 2.30. The van der Waals surface area contributed by atoms with Gasteiger partial charge in [0, 0.05) is 19.6 Å². The van der Waals surface area contributed by atoms with Crippen LogP contribution >= 0.6 is 0 Å². The van der Waals surface area contributed by atoms with Crippen LogP contribution in [-0.4, -0.2) is 24.2 Å². The van der Waals surface area contributed by atoms with Gasteiger partial charge in [0.2, 0.25) is 5.91 Å². The highest BCUT2D eigenvalue weighted by atomic mass is 16.3. The average molecular weight is 233 g/mol. The summed E-state index contributed by atoms with van der Waals surface area (Å²) in [6.07, 6.45) is 5.86. The normalized spacial score (nSPS) is 10.6. The second-order valence-electron chi connectivity index (χ2n) is 3.78. The van der Waals surface area contributed by atoms with Crippen LogP contribution in [-0.2, 0) is 4.79 Å². The molecule has 1 amide bonds. The molecule has 0 aliphatic heterocycles. The average Bonchev–Trinajstić information content (AvgIpc) is 2.36. The zero-order chi connectivity index (χ0) is 12.3. The zero-order valence-corrected chi connectivity index (χ0v) is 9.93. The Morgan fingerprint density at radius 3 is 2.76 bits per heavy atom. The van der Waals surface area contributed by atoms with E-state index in [0.717, 1.165) is 12.0 Å². The van der Waals surface area contributed by atoms with Gasteiger partial charge in [0.15, 0.2) is 0 Å². The molecule has 92 valence electrons. The van der Waals surface area contributed by atoms with Gasteiger partial charge in [0.1, 0.15) is 0 Å². The lowest BCUT2D eigenvalue weighted by Crippen LogP contribution is -2.24. The van der Waals surface area contributed by atoms with Gasteiger partial charge >= 0.3 is 0 Å². The van der Waals surface area contributed by atoms with E-state index in [0.29, 0.717) is 19.4 Å². The SMILES string of the molecule is O=C(CC/C=C/c1ccccc1)NCCCO. The molecule has 3 heteroatoms. The molecule has 0 atom stereocenters. The second kappa shape index (κ2) is 8.53. The molecule has 17 heavy (non-hydrogen) atoms. The zero-order valence-electron chi connectivity index (χ0n) is 9.93. The minimum atomic E-state index is 0.0381. The Kier molecular flexibility index (Phi) is 6.75. The van der Waals surface area contributed by atoms with Gasteiger partial charge in [-0.3, -0.25) is 4.79 Å². The van der Waals surface area contributed by atoms with Crippen LogP contribution < -0.4 is 5.32 Å². The van der Waals surface area contributed by atoms with Crippen LogP contribution in [0.25, 0.3) is 6.08 Å². The van der Waals surface area contributed by atoms with Crippen molar-refractivity contribution in [2.24, 2.45) is 0 Å². The van der Waals surface area contributed by atoms with Gasteiger partial charge in [-0.25, -0.2) is 0 Å². The number of benzene rings is 1. The Morgan fingerprint density at radius 2 is 2.06 bits per heavy atom.